The van der Waals surface area contributed by atoms with Crippen molar-refractivity contribution in [2.75, 3.05) is 19.6 Å². The molecule has 0 aromatic rings. The number of urea groups is 1. The van der Waals surface area contributed by atoms with Crippen molar-refractivity contribution >= 4 is 17.9 Å². The van der Waals surface area contributed by atoms with Gasteiger partial charge in [-0.2, -0.15) is 0 Å². The maximum absolute atomic E-state index is 12.3. The van der Waals surface area contributed by atoms with E-state index in [1.165, 1.54) is 4.90 Å². The topological polar surface area (TPSA) is 98.7 Å². The van der Waals surface area contributed by atoms with E-state index in [1.54, 1.807) is 0 Å². The lowest BCUT2D eigenvalue weighted by molar-refractivity contribution is -0.152. The van der Waals surface area contributed by atoms with Gasteiger partial charge in [-0.1, -0.05) is 6.92 Å². The summed E-state index contributed by atoms with van der Waals surface area (Å²) in [7, 11) is 0. The number of carboxylic acids is 1. The molecule has 2 rings (SSSR count). The van der Waals surface area contributed by atoms with E-state index < -0.39 is 17.4 Å². The highest BCUT2D eigenvalue weighted by Gasteiger charge is 2.42. The number of nitrogens with zero attached hydrogens (tertiary/aromatic N) is 1. The Morgan fingerprint density at radius 3 is 2.86 bits per heavy atom. The summed E-state index contributed by atoms with van der Waals surface area (Å²) in [5.74, 6) is -1.01. The molecule has 2 aliphatic heterocycles. The smallest absolute Gasteiger partial charge is 0.318 e. The van der Waals surface area contributed by atoms with Crippen LogP contribution in [0.3, 0.4) is 0 Å². The number of carbonyl (C=O) groups excluding carboxylic acids is 2. The van der Waals surface area contributed by atoms with Crippen LogP contribution < -0.4 is 10.6 Å². The Morgan fingerprint density at radius 2 is 2.24 bits per heavy atom. The van der Waals surface area contributed by atoms with Crippen LogP contribution in [0.2, 0.25) is 0 Å². The van der Waals surface area contributed by atoms with Crippen LogP contribution in [0.5, 0.6) is 0 Å². The molecule has 0 radical (unpaired) electrons. The van der Waals surface area contributed by atoms with Gasteiger partial charge in [0.1, 0.15) is 6.04 Å². The van der Waals surface area contributed by atoms with Crippen LogP contribution in [-0.4, -0.2) is 53.6 Å². The third-order valence-electron chi connectivity index (χ3n) is 4.58. The maximum atomic E-state index is 12.3. The van der Waals surface area contributed by atoms with Gasteiger partial charge in [-0.15, -0.1) is 0 Å². The lowest BCUT2D eigenvalue weighted by Crippen LogP contribution is -2.57. The van der Waals surface area contributed by atoms with Crippen LogP contribution in [0.25, 0.3) is 0 Å². The second-order valence-electron chi connectivity index (χ2n) is 5.90. The van der Waals surface area contributed by atoms with Crippen molar-refractivity contribution in [3.8, 4) is 0 Å². The molecule has 118 valence electrons. The van der Waals surface area contributed by atoms with Crippen molar-refractivity contribution in [2.24, 2.45) is 5.41 Å². The largest absolute Gasteiger partial charge is 0.481 e. The summed E-state index contributed by atoms with van der Waals surface area (Å²) in [6, 6.07) is -0.843. The Kier molecular flexibility index (Phi) is 4.69. The number of hydrogen-bond donors (Lipinski definition) is 3. The summed E-state index contributed by atoms with van der Waals surface area (Å²) in [6.45, 7) is 3.23. The molecule has 2 heterocycles. The minimum absolute atomic E-state index is 0.161. The number of piperidine rings is 2. The van der Waals surface area contributed by atoms with E-state index in [4.69, 9.17) is 0 Å². The first kappa shape index (κ1) is 15.6. The molecule has 0 spiro atoms. The van der Waals surface area contributed by atoms with E-state index in [1.807, 2.05) is 6.92 Å². The maximum Gasteiger partial charge on any atom is 0.318 e. The van der Waals surface area contributed by atoms with Crippen molar-refractivity contribution in [1.82, 2.24) is 15.5 Å². The zero-order chi connectivity index (χ0) is 15.5. The van der Waals surface area contributed by atoms with E-state index in [2.05, 4.69) is 10.6 Å². The Morgan fingerprint density at radius 1 is 1.48 bits per heavy atom. The molecule has 0 aromatic carbocycles. The summed E-state index contributed by atoms with van der Waals surface area (Å²) in [4.78, 5) is 37.0. The molecule has 3 amide bonds. The highest BCUT2D eigenvalue weighted by atomic mass is 16.4. The van der Waals surface area contributed by atoms with Crippen molar-refractivity contribution < 1.29 is 19.5 Å². The molecule has 0 bridgehead atoms. The van der Waals surface area contributed by atoms with Gasteiger partial charge in [0.2, 0.25) is 5.91 Å². The van der Waals surface area contributed by atoms with Crippen molar-refractivity contribution in [2.45, 2.75) is 45.1 Å². The number of carbonyl (C=O) groups is 3. The van der Waals surface area contributed by atoms with Gasteiger partial charge in [0, 0.05) is 19.6 Å². The third-order valence-corrected chi connectivity index (χ3v) is 4.58. The number of aliphatic carboxylic acids is 1. The Bertz CT molecular complexity index is 440. The van der Waals surface area contributed by atoms with Gasteiger partial charge < -0.3 is 20.6 Å². The summed E-state index contributed by atoms with van der Waals surface area (Å²) < 4.78 is 0. The van der Waals surface area contributed by atoms with Crippen molar-refractivity contribution in [1.29, 1.82) is 0 Å². The minimum atomic E-state index is -0.857. The molecule has 0 saturated carbocycles. The van der Waals surface area contributed by atoms with Gasteiger partial charge >= 0.3 is 12.0 Å². The second kappa shape index (κ2) is 6.32. The first-order valence-corrected chi connectivity index (χ1v) is 7.55. The van der Waals surface area contributed by atoms with Crippen LogP contribution in [-0.2, 0) is 9.59 Å². The van der Waals surface area contributed by atoms with E-state index in [-0.39, 0.29) is 18.5 Å². The SMILES string of the molecule is CCC1(C(=O)O)CCCN(C(=O)NC2CCCNC2=O)C1. The average molecular weight is 297 g/mol. The third kappa shape index (κ3) is 3.28. The molecule has 0 aliphatic carbocycles. The normalized spacial score (nSPS) is 29.7. The predicted octanol–water partition coefficient (Wildman–Crippen LogP) is 0.551. The molecule has 2 aliphatic rings. The monoisotopic (exact) mass is 297 g/mol. The average Bonchev–Trinajstić information content (AvgIpc) is 2.49. The fourth-order valence-electron chi connectivity index (χ4n) is 3.07. The van der Waals surface area contributed by atoms with Crippen LogP contribution >= 0.6 is 0 Å². The lowest BCUT2D eigenvalue weighted by Gasteiger charge is -2.40. The van der Waals surface area contributed by atoms with Crippen LogP contribution in [0, 0.1) is 5.41 Å². The molecule has 21 heavy (non-hydrogen) atoms. The van der Waals surface area contributed by atoms with Crippen LogP contribution in [0.15, 0.2) is 0 Å². The molecule has 2 saturated heterocycles. The quantitative estimate of drug-likeness (QED) is 0.708. The molecule has 7 nitrogen and oxygen atoms in total. The molecule has 2 fully saturated rings. The summed E-state index contributed by atoms with van der Waals surface area (Å²) in [5, 5.41) is 14.9. The Balaban J connectivity index is 1.98. The van der Waals surface area contributed by atoms with Crippen LogP contribution in [0.4, 0.5) is 4.79 Å². The standard InChI is InChI=1S/C14H23N3O4/c1-2-14(12(19)20)6-4-8-17(9-14)13(21)16-10-5-3-7-15-11(10)18/h10H,2-9H2,1H3,(H,15,18)(H,16,21)(H,19,20). The summed E-state index contributed by atoms with van der Waals surface area (Å²) >= 11 is 0. The van der Waals surface area contributed by atoms with Gasteiger partial charge in [-0.25, -0.2) is 4.79 Å². The Labute approximate surface area is 124 Å². The first-order valence-electron chi connectivity index (χ1n) is 7.55. The molecular formula is C14H23N3O4. The number of hydrogen-bond acceptors (Lipinski definition) is 3. The molecule has 3 N–H and O–H groups in total. The highest BCUT2D eigenvalue weighted by molar-refractivity contribution is 5.87. The second-order valence-corrected chi connectivity index (χ2v) is 5.90. The van der Waals surface area contributed by atoms with Gasteiger partial charge in [-0.3, -0.25) is 9.59 Å². The van der Waals surface area contributed by atoms with Gasteiger partial charge in [-0.05, 0) is 32.1 Å². The number of amides is 3. The van der Waals surface area contributed by atoms with Gasteiger partial charge in [0.25, 0.3) is 0 Å². The van der Waals surface area contributed by atoms with Gasteiger partial charge in [0.05, 0.1) is 5.41 Å². The van der Waals surface area contributed by atoms with E-state index >= 15 is 0 Å². The van der Waals surface area contributed by atoms with E-state index in [9.17, 15) is 19.5 Å². The molecule has 7 heteroatoms. The van der Waals surface area contributed by atoms with Crippen LogP contribution in [0.1, 0.15) is 39.0 Å². The van der Waals surface area contributed by atoms with Gasteiger partial charge in [0.15, 0.2) is 0 Å². The number of nitrogens with one attached hydrogen (secondary N) is 2. The van der Waals surface area contributed by atoms with Crippen molar-refractivity contribution in [3.05, 3.63) is 0 Å². The lowest BCUT2D eigenvalue weighted by atomic mass is 9.78. The summed E-state index contributed by atoms with van der Waals surface area (Å²) in [5.41, 5.74) is -0.857. The fourth-order valence-corrected chi connectivity index (χ4v) is 3.07. The molecule has 2 atom stereocenters. The zero-order valence-electron chi connectivity index (χ0n) is 12.4. The van der Waals surface area contributed by atoms with Crippen molar-refractivity contribution in [3.63, 3.8) is 0 Å². The fraction of sp³-hybridized carbons (Fsp3) is 0.786. The number of likely N-dealkylation sites (tertiary alicyclic amines) is 1. The zero-order valence-corrected chi connectivity index (χ0v) is 12.4. The predicted molar refractivity (Wildman–Crippen MR) is 75.7 cm³/mol. The highest BCUT2D eigenvalue weighted by Crippen LogP contribution is 2.33. The molecular weight excluding hydrogens is 274 g/mol. The first-order chi connectivity index (χ1) is 9.98. The Hall–Kier alpha value is -1.79. The summed E-state index contributed by atoms with van der Waals surface area (Å²) in [6.07, 6.45) is 3.22. The molecule has 0 aromatic heterocycles. The minimum Gasteiger partial charge on any atom is -0.481 e. The molecule has 2 unspecified atom stereocenters. The van der Waals surface area contributed by atoms with E-state index in [0.717, 1.165) is 6.42 Å². The van der Waals surface area contributed by atoms with E-state index in [0.29, 0.717) is 38.8 Å². The number of rotatable bonds is 3. The number of carboxylic acid groups (broad SMARTS) is 1.